The first kappa shape index (κ1) is 18.3. The normalized spacial score (nSPS) is 21.8. The summed E-state index contributed by atoms with van der Waals surface area (Å²) >= 11 is 1.67. The van der Waals surface area contributed by atoms with Crippen molar-refractivity contribution in [1.82, 2.24) is 4.90 Å². The molecule has 0 aromatic heterocycles. The zero-order chi connectivity index (χ0) is 14.5. The number of halogens is 1. The van der Waals surface area contributed by atoms with Gasteiger partial charge < -0.3 is 15.4 Å². The molecular weight excluding hydrogens is 308 g/mol. The molecule has 2 unspecified atom stereocenters. The smallest absolute Gasteiger partial charge is 0.254 e. The third-order valence-electron chi connectivity index (χ3n) is 3.87. The van der Waals surface area contributed by atoms with Crippen LogP contribution < -0.4 is 5.73 Å². The van der Waals surface area contributed by atoms with Crippen molar-refractivity contribution in [3.8, 4) is 0 Å². The van der Waals surface area contributed by atoms with Gasteiger partial charge in [0.25, 0.3) is 5.91 Å². The lowest BCUT2D eigenvalue weighted by Crippen LogP contribution is -2.51. The Hall–Kier alpha value is -0.750. The van der Waals surface area contributed by atoms with Gasteiger partial charge in [-0.15, -0.1) is 24.2 Å². The maximum absolute atomic E-state index is 12.6. The number of amides is 1. The van der Waals surface area contributed by atoms with Gasteiger partial charge in [-0.25, -0.2) is 0 Å². The molecule has 1 aliphatic heterocycles. The van der Waals surface area contributed by atoms with Gasteiger partial charge in [-0.05, 0) is 43.4 Å². The number of likely N-dealkylation sites (tertiary alicyclic amines) is 1. The van der Waals surface area contributed by atoms with Crippen LogP contribution in [0.4, 0.5) is 0 Å². The van der Waals surface area contributed by atoms with E-state index in [4.69, 9.17) is 10.5 Å². The van der Waals surface area contributed by atoms with Gasteiger partial charge in [0.2, 0.25) is 0 Å². The van der Waals surface area contributed by atoms with Crippen LogP contribution in [0, 0.1) is 0 Å². The number of carbonyl (C=O) groups excluding carboxylic acids is 1. The second kappa shape index (κ2) is 8.63. The largest absolute Gasteiger partial charge is 0.381 e. The summed E-state index contributed by atoms with van der Waals surface area (Å²) in [6, 6.07) is 7.82. The summed E-state index contributed by atoms with van der Waals surface area (Å²) in [5.74, 6) is 0.0719. The van der Waals surface area contributed by atoms with Crippen LogP contribution in [0.5, 0.6) is 0 Å². The minimum absolute atomic E-state index is 0. The van der Waals surface area contributed by atoms with E-state index in [1.165, 1.54) is 0 Å². The van der Waals surface area contributed by atoms with E-state index in [1.807, 2.05) is 35.4 Å². The van der Waals surface area contributed by atoms with Crippen molar-refractivity contribution in [3.05, 3.63) is 29.8 Å². The van der Waals surface area contributed by atoms with E-state index in [0.29, 0.717) is 13.1 Å². The third kappa shape index (κ3) is 4.36. The van der Waals surface area contributed by atoms with Crippen LogP contribution in [-0.2, 0) is 4.74 Å². The fraction of sp³-hybridized carbons (Fsp3) is 0.533. The molecule has 1 amide bonds. The maximum Gasteiger partial charge on any atom is 0.254 e. The molecule has 118 valence electrons. The van der Waals surface area contributed by atoms with Crippen molar-refractivity contribution in [2.45, 2.75) is 29.9 Å². The summed E-state index contributed by atoms with van der Waals surface area (Å²) in [6.45, 7) is 1.19. The van der Waals surface area contributed by atoms with Gasteiger partial charge in [0.05, 0.1) is 6.10 Å². The lowest BCUT2D eigenvalue weighted by Gasteiger charge is -2.38. The van der Waals surface area contributed by atoms with Crippen molar-refractivity contribution in [2.24, 2.45) is 5.73 Å². The SMILES string of the molecule is COC1CCN(C(=O)c2ccc(SC)cc2)C(CN)C1.Cl. The number of thioether (sulfide) groups is 1. The van der Waals surface area contributed by atoms with E-state index in [0.717, 1.165) is 23.3 Å². The van der Waals surface area contributed by atoms with Crippen LogP contribution in [0.1, 0.15) is 23.2 Å². The summed E-state index contributed by atoms with van der Waals surface area (Å²) < 4.78 is 5.39. The first-order valence-corrected chi connectivity index (χ1v) is 8.10. The molecule has 2 N–H and O–H groups in total. The monoisotopic (exact) mass is 330 g/mol. The number of benzene rings is 1. The van der Waals surface area contributed by atoms with E-state index in [-0.39, 0.29) is 30.5 Å². The second-order valence-electron chi connectivity index (χ2n) is 5.00. The maximum atomic E-state index is 12.6. The quantitative estimate of drug-likeness (QED) is 0.861. The molecule has 0 saturated carbocycles. The Balaban J connectivity index is 0.00000220. The van der Waals surface area contributed by atoms with E-state index < -0.39 is 0 Å². The first-order valence-electron chi connectivity index (χ1n) is 6.87. The highest BCUT2D eigenvalue weighted by Gasteiger charge is 2.31. The third-order valence-corrected chi connectivity index (χ3v) is 4.61. The molecule has 1 aliphatic rings. The lowest BCUT2D eigenvalue weighted by atomic mass is 9.98. The minimum atomic E-state index is 0. The Morgan fingerprint density at radius 3 is 2.62 bits per heavy atom. The van der Waals surface area contributed by atoms with Crippen molar-refractivity contribution in [3.63, 3.8) is 0 Å². The van der Waals surface area contributed by atoms with Crippen LogP contribution in [0.3, 0.4) is 0 Å². The first-order chi connectivity index (χ1) is 9.69. The molecule has 1 aromatic carbocycles. The van der Waals surface area contributed by atoms with Gasteiger partial charge >= 0.3 is 0 Å². The van der Waals surface area contributed by atoms with E-state index in [1.54, 1.807) is 18.9 Å². The highest BCUT2D eigenvalue weighted by Crippen LogP contribution is 2.22. The number of methoxy groups -OCH3 is 1. The van der Waals surface area contributed by atoms with Crippen molar-refractivity contribution < 1.29 is 9.53 Å². The molecule has 0 aliphatic carbocycles. The van der Waals surface area contributed by atoms with Crippen molar-refractivity contribution in [1.29, 1.82) is 0 Å². The molecule has 2 rings (SSSR count). The number of rotatable bonds is 4. The number of piperidine rings is 1. The Bertz CT molecular complexity index is 455. The summed E-state index contributed by atoms with van der Waals surface area (Å²) in [6.07, 6.45) is 3.94. The van der Waals surface area contributed by atoms with Crippen molar-refractivity contribution >= 4 is 30.1 Å². The molecule has 4 nitrogen and oxygen atoms in total. The van der Waals surface area contributed by atoms with Gasteiger partial charge in [-0.1, -0.05) is 0 Å². The molecular formula is C15H23ClN2O2S. The van der Waals surface area contributed by atoms with E-state index >= 15 is 0 Å². The number of hydrogen-bond acceptors (Lipinski definition) is 4. The molecule has 1 heterocycles. The number of nitrogens with two attached hydrogens (primary N) is 1. The van der Waals surface area contributed by atoms with Gasteiger partial charge in [-0.3, -0.25) is 4.79 Å². The number of hydrogen-bond donors (Lipinski definition) is 1. The average Bonchev–Trinajstić information content (AvgIpc) is 2.53. The molecule has 6 heteroatoms. The van der Waals surface area contributed by atoms with Crippen LogP contribution in [0.25, 0.3) is 0 Å². The highest BCUT2D eigenvalue weighted by atomic mass is 35.5. The predicted molar refractivity (Wildman–Crippen MR) is 89.4 cm³/mol. The molecule has 21 heavy (non-hydrogen) atoms. The molecule has 2 atom stereocenters. The van der Waals surface area contributed by atoms with Crippen LogP contribution in [0.15, 0.2) is 29.2 Å². The molecule has 1 saturated heterocycles. The number of nitrogens with zero attached hydrogens (tertiary/aromatic N) is 1. The summed E-state index contributed by atoms with van der Waals surface area (Å²) in [4.78, 5) is 15.6. The van der Waals surface area contributed by atoms with Crippen LogP contribution in [-0.4, -0.2) is 49.4 Å². The highest BCUT2D eigenvalue weighted by molar-refractivity contribution is 7.98. The van der Waals surface area contributed by atoms with Gasteiger partial charge in [0, 0.05) is 36.7 Å². The Morgan fingerprint density at radius 2 is 2.10 bits per heavy atom. The zero-order valence-corrected chi connectivity index (χ0v) is 14.1. The predicted octanol–water partition coefficient (Wildman–Crippen LogP) is 2.41. The molecule has 1 aromatic rings. The summed E-state index contributed by atoms with van der Waals surface area (Å²) in [5, 5.41) is 0. The number of ether oxygens (including phenoxy) is 1. The summed E-state index contributed by atoms with van der Waals surface area (Å²) in [5.41, 5.74) is 6.55. The Morgan fingerprint density at radius 1 is 1.43 bits per heavy atom. The lowest BCUT2D eigenvalue weighted by molar-refractivity contribution is 0.0139. The Labute approximate surface area is 136 Å². The van der Waals surface area contributed by atoms with Crippen LogP contribution in [0.2, 0.25) is 0 Å². The molecule has 0 radical (unpaired) electrons. The van der Waals surface area contributed by atoms with E-state index in [9.17, 15) is 4.79 Å². The minimum Gasteiger partial charge on any atom is -0.381 e. The molecule has 0 spiro atoms. The molecule has 0 bridgehead atoms. The van der Waals surface area contributed by atoms with Gasteiger partial charge in [0.1, 0.15) is 0 Å². The standard InChI is InChI=1S/C15H22N2O2S.ClH/c1-19-13-7-8-17(12(9-13)10-16)15(18)11-3-5-14(20-2)6-4-11;/h3-6,12-13H,7-10,16H2,1-2H3;1H. The van der Waals surface area contributed by atoms with E-state index in [2.05, 4.69) is 0 Å². The average molecular weight is 331 g/mol. The summed E-state index contributed by atoms with van der Waals surface area (Å²) in [7, 11) is 1.72. The van der Waals surface area contributed by atoms with Gasteiger partial charge in [0.15, 0.2) is 0 Å². The number of carbonyl (C=O) groups is 1. The van der Waals surface area contributed by atoms with Crippen molar-refractivity contribution in [2.75, 3.05) is 26.5 Å². The zero-order valence-electron chi connectivity index (χ0n) is 12.5. The molecule has 1 fully saturated rings. The topological polar surface area (TPSA) is 55.6 Å². The van der Waals surface area contributed by atoms with Crippen LogP contribution >= 0.6 is 24.2 Å². The second-order valence-corrected chi connectivity index (χ2v) is 5.88. The fourth-order valence-corrected chi connectivity index (χ4v) is 3.03. The van der Waals surface area contributed by atoms with Gasteiger partial charge in [-0.2, -0.15) is 0 Å². The fourth-order valence-electron chi connectivity index (χ4n) is 2.62. The Kier molecular flexibility index (Phi) is 7.52.